The predicted octanol–water partition coefficient (Wildman–Crippen LogP) is 2.06. The van der Waals surface area contributed by atoms with E-state index in [2.05, 4.69) is 5.32 Å². The number of benzene rings is 1. The van der Waals surface area contributed by atoms with Crippen molar-refractivity contribution in [2.45, 2.75) is 13.3 Å². The molecule has 1 N–H and O–H groups in total. The molecule has 0 unspecified atom stereocenters. The van der Waals surface area contributed by atoms with Gasteiger partial charge in [-0.2, -0.15) is 0 Å². The maximum atomic E-state index is 11.4. The maximum absolute atomic E-state index is 11.4. The van der Waals surface area contributed by atoms with Gasteiger partial charge in [-0.1, -0.05) is 30.7 Å². The summed E-state index contributed by atoms with van der Waals surface area (Å²) in [4.78, 5) is 11.4. The van der Waals surface area contributed by atoms with Crippen LogP contribution in [0.15, 0.2) is 24.3 Å². The van der Waals surface area contributed by atoms with E-state index in [0.717, 1.165) is 12.1 Å². The fraction of sp³-hybridized carbons (Fsp3) is 0.364. The van der Waals surface area contributed by atoms with Crippen LogP contribution in [0, 0.1) is 0 Å². The molecular weight excluding hydrogens is 198 g/mol. The van der Waals surface area contributed by atoms with Gasteiger partial charge >= 0.3 is 0 Å². The van der Waals surface area contributed by atoms with Gasteiger partial charge in [0.2, 0.25) is 0 Å². The molecule has 0 aliphatic rings. The number of carbonyl (C=O) groups is 1. The van der Waals surface area contributed by atoms with Crippen LogP contribution in [0.3, 0.4) is 0 Å². The van der Waals surface area contributed by atoms with E-state index in [-0.39, 0.29) is 5.78 Å². The van der Waals surface area contributed by atoms with Gasteiger partial charge in [0.15, 0.2) is 5.78 Å². The van der Waals surface area contributed by atoms with Crippen molar-refractivity contribution >= 4 is 17.4 Å². The maximum Gasteiger partial charge on any atom is 0.150 e. The second kappa shape index (κ2) is 5.78. The summed E-state index contributed by atoms with van der Waals surface area (Å²) < 4.78 is 0. The lowest BCUT2D eigenvalue weighted by atomic mass is 10.1. The molecule has 1 rings (SSSR count). The molecule has 76 valence electrons. The number of hydrogen-bond donors (Lipinski definition) is 1. The molecule has 0 spiro atoms. The zero-order valence-electron chi connectivity index (χ0n) is 8.22. The van der Waals surface area contributed by atoms with Gasteiger partial charge < -0.3 is 5.32 Å². The molecule has 0 fully saturated rings. The zero-order valence-corrected chi connectivity index (χ0v) is 8.97. The molecule has 0 aromatic heterocycles. The van der Waals surface area contributed by atoms with Crippen molar-refractivity contribution in [3.63, 3.8) is 0 Å². The van der Waals surface area contributed by atoms with Gasteiger partial charge in [0, 0.05) is 11.4 Å². The number of rotatable bonds is 5. The number of likely N-dealkylation sites (N-methyl/N-ethyl adjacent to an activating group) is 1. The quantitative estimate of drug-likeness (QED) is 0.808. The lowest BCUT2D eigenvalue weighted by molar-refractivity contribution is -0.117. The Balaban J connectivity index is 2.44. The molecule has 3 heteroatoms. The van der Waals surface area contributed by atoms with Crippen LogP contribution in [0.25, 0.3) is 0 Å². The van der Waals surface area contributed by atoms with Gasteiger partial charge in [-0.3, -0.25) is 4.79 Å². The highest BCUT2D eigenvalue weighted by Gasteiger charge is 2.02. The zero-order chi connectivity index (χ0) is 10.4. The third kappa shape index (κ3) is 3.90. The second-order valence-corrected chi connectivity index (χ2v) is 3.56. The first-order valence-corrected chi connectivity index (χ1v) is 5.07. The lowest BCUT2D eigenvalue weighted by Crippen LogP contribution is -2.23. The number of Topliss-reactive ketones (excluding diaryl/α,β-unsaturated/α-hetero) is 1. The van der Waals surface area contributed by atoms with Crippen molar-refractivity contribution in [2.24, 2.45) is 0 Å². The van der Waals surface area contributed by atoms with Gasteiger partial charge in [-0.25, -0.2) is 0 Å². The summed E-state index contributed by atoms with van der Waals surface area (Å²) in [7, 11) is 0. The first-order valence-electron chi connectivity index (χ1n) is 4.69. The minimum absolute atomic E-state index is 0.203. The van der Waals surface area contributed by atoms with E-state index in [1.807, 2.05) is 19.1 Å². The molecule has 0 bridgehead atoms. The Hall–Kier alpha value is -0.860. The van der Waals surface area contributed by atoms with Crippen LogP contribution in [-0.4, -0.2) is 18.9 Å². The molecule has 0 aliphatic carbocycles. The molecule has 1 aromatic carbocycles. The van der Waals surface area contributed by atoms with Crippen LogP contribution < -0.4 is 5.32 Å². The summed E-state index contributed by atoms with van der Waals surface area (Å²) in [6, 6.07) is 7.37. The van der Waals surface area contributed by atoms with Crippen molar-refractivity contribution in [3.8, 4) is 0 Å². The first-order chi connectivity index (χ1) is 6.72. The van der Waals surface area contributed by atoms with Crippen molar-refractivity contribution in [3.05, 3.63) is 34.9 Å². The molecule has 0 radical (unpaired) electrons. The molecule has 2 nitrogen and oxygen atoms in total. The van der Waals surface area contributed by atoms with Crippen LogP contribution in [0.2, 0.25) is 5.02 Å². The van der Waals surface area contributed by atoms with Crippen LogP contribution in [0.1, 0.15) is 12.5 Å². The predicted molar refractivity (Wildman–Crippen MR) is 58.7 cm³/mol. The highest BCUT2D eigenvalue weighted by Crippen LogP contribution is 2.09. The number of halogens is 1. The third-order valence-corrected chi connectivity index (χ3v) is 2.14. The molecule has 0 saturated heterocycles. The Kier molecular flexibility index (Phi) is 4.63. The largest absolute Gasteiger partial charge is 0.310 e. The molecule has 0 heterocycles. The van der Waals surface area contributed by atoms with Crippen LogP contribution >= 0.6 is 11.6 Å². The van der Waals surface area contributed by atoms with Crippen molar-refractivity contribution in [1.82, 2.24) is 5.32 Å². The average Bonchev–Trinajstić information content (AvgIpc) is 2.18. The average molecular weight is 212 g/mol. The topological polar surface area (TPSA) is 29.1 Å². The minimum Gasteiger partial charge on any atom is -0.310 e. The highest BCUT2D eigenvalue weighted by molar-refractivity contribution is 6.30. The monoisotopic (exact) mass is 211 g/mol. The number of nitrogens with one attached hydrogen (secondary N) is 1. The number of hydrogen-bond acceptors (Lipinski definition) is 2. The highest BCUT2D eigenvalue weighted by atomic mass is 35.5. The SMILES string of the molecule is CCNCC(=O)Cc1ccc(Cl)cc1. The van der Waals surface area contributed by atoms with Crippen molar-refractivity contribution < 1.29 is 4.79 Å². The fourth-order valence-corrected chi connectivity index (χ4v) is 1.28. The Labute approximate surface area is 89.3 Å². The van der Waals surface area contributed by atoms with E-state index in [4.69, 9.17) is 11.6 Å². The molecule has 1 aromatic rings. The standard InChI is InChI=1S/C11H14ClNO/c1-2-13-8-11(14)7-9-3-5-10(12)6-4-9/h3-6,13H,2,7-8H2,1H3. The summed E-state index contributed by atoms with van der Waals surface area (Å²) in [5.41, 5.74) is 1.01. The van der Waals surface area contributed by atoms with Crippen molar-refractivity contribution in [2.75, 3.05) is 13.1 Å². The summed E-state index contributed by atoms with van der Waals surface area (Å²) in [6.45, 7) is 3.25. The summed E-state index contributed by atoms with van der Waals surface area (Å²) in [5.74, 6) is 0.203. The van der Waals surface area contributed by atoms with E-state index in [1.54, 1.807) is 12.1 Å². The van der Waals surface area contributed by atoms with E-state index in [0.29, 0.717) is 18.0 Å². The van der Waals surface area contributed by atoms with Crippen LogP contribution in [0.5, 0.6) is 0 Å². The Bertz CT molecular complexity index is 295. The molecule has 0 aliphatic heterocycles. The third-order valence-electron chi connectivity index (χ3n) is 1.89. The Morgan fingerprint density at radius 1 is 1.36 bits per heavy atom. The Morgan fingerprint density at radius 2 is 2.00 bits per heavy atom. The minimum atomic E-state index is 0.203. The molecular formula is C11H14ClNO. The van der Waals surface area contributed by atoms with Crippen LogP contribution in [0.4, 0.5) is 0 Å². The van der Waals surface area contributed by atoms with E-state index in [1.165, 1.54) is 0 Å². The van der Waals surface area contributed by atoms with Crippen molar-refractivity contribution in [1.29, 1.82) is 0 Å². The Morgan fingerprint density at radius 3 is 2.57 bits per heavy atom. The molecule has 14 heavy (non-hydrogen) atoms. The normalized spacial score (nSPS) is 10.1. The number of ketones is 1. The smallest absolute Gasteiger partial charge is 0.150 e. The van der Waals surface area contributed by atoms with Gasteiger partial charge in [0.1, 0.15) is 0 Å². The molecule has 0 atom stereocenters. The molecule has 0 amide bonds. The fourth-order valence-electron chi connectivity index (χ4n) is 1.16. The van der Waals surface area contributed by atoms with E-state index < -0.39 is 0 Å². The summed E-state index contributed by atoms with van der Waals surface area (Å²) in [5, 5.41) is 3.71. The van der Waals surface area contributed by atoms with Gasteiger partial charge in [-0.05, 0) is 24.2 Å². The summed E-state index contributed by atoms with van der Waals surface area (Å²) >= 11 is 5.73. The lowest BCUT2D eigenvalue weighted by Gasteiger charge is -2.01. The van der Waals surface area contributed by atoms with Gasteiger partial charge in [-0.15, -0.1) is 0 Å². The van der Waals surface area contributed by atoms with Crippen LogP contribution in [-0.2, 0) is 11.2 Å². The number of carbonyl (C=O) groups excluding carboxylic acids is 1. The van der Waals surface area contributed by atoms with E-state index in [9.17, 15) is 4.79 Å². The van der Waals surface area contributed by atoms with E-state index >= 15 is 0 Å². The first kappa shape index (κ1) is 11.2. The van der Waals surface area contributed by atoms with Gasteiger partial charge in [0.25, 0.3) is 0 Å². The summed E-state index contributed by atoms with van der Waals surface area (Å²) in [6.07, 6.45) is 0.476. The molecule has 0 saturated carbocycles. The van der Waals surface area contributed by atoms with Gasteiger partial charge in [0.05, 0.1) is 6.54 Å². The second-order valence-electron chi connectivity index (χ2n) is 3.12.